The molecule has 0 spiro atoms. The minimum Gasteiger partial charge on any atom is -0.507 e. The van der Waals surface area contributed by atoms with Crippen molar-refractivity contribution in [1.82, 2.24) is 10.3 Å². The van der Waals surface area contributed by atoms with Crippen molar-refractivity contribution in [2.75, 3.05) is 5.32 Å². The Morgan fingerprint density at radius 1 is 1.14 bits per heavy atom. The van der Waals surface area contributed by atoms with Crippen LogP contribution >= 0.6 is 12.2 Å². The summed E-state index contributed by atoms with van der Waals surface area (Å²) in [5.41, 5.74) is 3.62. The van der Waals surface area contributed by atoms with Gasteiger partial charge in [0.15, 0.2) is 10.7 Å². The van der Waals surface area contributed by atoms with Crippen molar-refractivity contribution >= 4 is 40.0 Å². The number of aromatic hydroxyl groups is 1. The molecule has 0 saturated heterocycles. The Morgan fingerprint density at radius 3 is 2.54 bits per heavy atom. The number of amides is 1. The number of phenolic OH excluding ortho intramolecular Hbond substituents is 1. The molecule has 1 heterocycles. The van der Waals surface area contributed by atoms with E-state index < -0.39 is 0 Å². The van der Waals surface area contributed by atoms with Crippen LogP contribution in [0.25, 0.3) is 22.6 Å². The van der Waals surface area contributed by atoms with Gasteiger partial charge in [0.05, 0.1) is 5.56 Å². The van der Waals surface area contributed by atoms with Crippen LogP contribution in [0, 0.1) is 5.92 Å². The number of carbonyl (C=O) groups excluding carboxylic acids is 1. The van der Waals surface area contributed by atoms with E-state index in [1.807, 2.05) is 18.2 Å². The number of nitrogens with zero attached hydrogens (tertiary/aromatic N) is 1. The third kappa shape index (κ3) is 4.31. The van der Waals surface area contributed by atoms with E-state index in [2.05, 4.69) is 29.5 Å². The molecule has 0 aliphatic rings. The van der Waals surface area contributed by atoms with Crippen LogP contribution in [0.5, 0.6) is 5.75 Å². The first-order chi connectivity index (χ1) is 13.2. The maximum Gasteiger partial charge on any atom is 0.231 e. The zero-order chi connectivity index (χ0) is 20.4. The fraction of sp³-hybridized carbons (Fsp3) is 0.286. The fourth-order valence-electron chi connectivity index (χ4n) is 2.63. The van der Waals surface area contributed by atoms with E-state index in [1.54, 1.807) is 26.0 Å². The maximum absolute atomic E-state index is 11.7. The summed E-state index contributed by atoms with van der Waals surface area (Å²) in [5.74, 6) is 0.383. The molecule has 1 aromatic heterocycles. The summed E-state index contributed by atoms with van der Waals surface area (Å²) in [6.07, 6.45) is 0. The Bertz CT molecular complexity index is 1040. The van der Waals surface area contributed by atoms with E-state index in [-0.39, 0.29) is 22.7 Å². The van der Waals surface area contributed by atoms with Gasteiger partial charge in [-0.3, -0.25) is 4.79 Å². The number of phenols is 1. The second-order valence-electron chi connectivity index (χ2n) is 7.23. The molecular formula is C21H23N3O3S. The highest BCUT2D eigenvalue weighted by Crippen LogP contribution is 2.33. The first kappa shape index (κ1) is 19.8. The van der Waals surface area contributed by atoms with Gasteiger partial charge >= 0.3 is 0 Å². The van der Waals surface area contributed by atoms with E-state index >= 15 is 0 Å². The molecule has 0 bridgehead atoms. The maximum atomic E-state index is 11.7. The topological polar surface area (TPSA) is 87.4 Å². The van der Waals surface area contributed by atoms with Crippen molar-refractivity contribution in [1.29, 1.82) is 0 Å². The Kier molecular flexibility index (Phi) is 5.65. The Hall–Kier alpha value is -2.93. The van der Waals surface area contributed by atoms with Crippen LogP contribution in [0.4, 0.5) is 5.69 Å². The van der Waals surface area contributed by atoms with Crippen molar-refractivity contribution < 1.29 is 14.3 Å². The van der Waals surface area contributed by atoms with Crippen molar-refractivity contribution in [2.45, 2.75) is 33.6 Å². The SMILES string of the molecule is CC(C)C(=O)NC(=S)Nc1ccc(-c2nc3cc(C(C)C)ccc3o2)c(O)c1. The molecule has 3 rings (SSSR count). The number of hydrogen-bond acceptors (Lipinski definition) is 5. The smallest absolute Gasteiger partial charge is 0.231 e. The Labute approximate surface area is 169 Å². The molecule has 0 radical (unpaired) electrons. The van der Waals surface area contributed by atoms with Crippen molar-refractivity contribution in [2.24, 2.45) is 5.92 Å². The van der Waals surface area contributed by atoms with Gasteiger partial charge in [0.2, 0.25) is 11.8 Å². The van der Waals surface area contributed by atoms with Crippen molar-refractivity contribution in [3.05, 3.63) is 42.0 Å². The number of nitrogens with one attached hydrogen (secondary N) is 2. The van der Waals surface area contributed by atoms with E-state index in [9.17, 15) is 9.90 Å². The quantitative estimate of drug-likeness (QED) is 0.549. The van der Waals surface area contributed by atoms with Crippen LogP contribution in [0.1, 0.15) is 39.2 Å². The first-order valence-corrected chi connectivity index (χ1v) is 9.51. The lowest BCUT2D eigenvalue weighted by Crippen LogP contribution is -2.36. The summed E-state index contributed by atoms with van der Waals surface area (Å²) in [6, 6.07) is 10.8. The average molecular weight is 398 g/mol. The fourth-order valence-corrected chi connectivity index (χ4v) is 2.85. The number of fused-ring (bicyclic) bond motifs is 1. The second-order valence-corrected chi connectivity index (χ2v) is 7.64. The number of hydrogen-bond donors (Lipinski definition) is 3. The molecule has 0 atom stereocenters. The lowest BCUT2D eigenvalue weighted by Gasteiger charge is -2.12. The minimum absolute atomic E-state index is 0.00127. The molecule has 1 amide bonds. The van der Waals surface area contributed by atoms with Crippen LogP contribution in [0.15, 0.2) is 40.8 Å². The standard InChI is InChI=1S/C21H23N3O3S/c1-11(2)13-5-8-18-16(9-13)23-20(27-18)15-7-6-14(10-17(15)25)22-21(28)24-19(26)12(3)4/h5-12,25H,1-4H3,(H2,22,24,26,28). The van der Waals surface area contributed by atoms with Gasteiger partial charge in [0, 0.05) is 17.7 Å². The molecule has 0 unspecified atom stereocenters. The van der Waals surface area contributed by atoms with Crippen LogP contribution in [0.3, 0.4) is 0 Å². The van der Waals surface area contributed by atoms with Crippen LogP contribution in [-0.2, 0) is 4.79 Å². The molecule has 2 aromatic carbocycles. The number of benzene rings is 2. The molecule has 0 aliphatic carbocycles. The molecule has 0 aliphatic heterocycles. The summed E-state index contributed by atoms with van der Waals surface area (Å²) < 4.78 is 5.80. The number of oxazole rings is 1. The summed E-state index contributed by atoms with van der Waals surface area (Å²) in [4.78, 5) is 16.2. The summed E-state index contributed by atoms with van der Waals surface area (Å²) >= 11 is 5.12. The summed E-state index contributed by atoms with van der Waals surface area (Å²) in [5, 5.41) is 16.1. The average Bonchev–Trinajstić information content (AvgIpc) is 3.04. The lowest BCUT2D eigenvalue weighted by molar-refractivity contribution is -0.122. The van der Waals surface area contributed by atoms with E-state index in [0.717, 1.165) is 5.52 Å². The zero-order valence-electron chi connectivity index (χ0n) is 16.2. The third-order valence-corrected chi connectivity index (χ3v) is 4.53. The van der Waals surface area contributed by atoms with Crippen molar-refractivity contribution in [3.63, 3.8) is 0 Å². The van der Waals surface area contributed by atoms with Gasteiger partial charge < -0.3 is 20.2 Å². The highest BCUT2D eigenvalue weighted by atomic mass is 32.1. The van der Waals surface area contributed by atoms with Gasteiger partial charge in [-0.15, -0.1) is 0 Å². The first-order valence-electron chi connectivity index (χ1n) is 9.10. The number of thiocarbonyl (C=S) groups is 1. The second kappa shape index (κ2) is 7.98. The van der Waals surface area contributed by atoms with Gasteiger partial charge in [0.25, 0.3) is 0 Å². The van der Waals surface area contributed by atoms with E-state index in [1.165, 1.54) is 11.6 Å². The lowest BCUT2D eigenvalue weighted by atomic mass is 10.0. The predicted octanol–water partition coefficient (Wildman–Crippen LogP) is 4.79. The van der Waals surface area contributed by atoms with Crippen molar-refractivity contribution in [3.8, 4) is 17.2 Å². The van der Waals surface area contributed by atoms with E-state index in [4.69, 9.17) is 16.6 Å². The molecule has 6 nitrogen and oxygen atoms in total. The molecule has 3 N–H and O–H groups in total. The third-order valence-electron chi connectivity index (χ3n) is 4.33. The van der Waals surface area contributed by atoms with Gasteiger partial charge in [-0.2, -0.15) is 0 Å². The highest BCUT2D eigenvalue weighted by molar-refractivity contribution is 7.80. The van der Waals surface area contributed by atoms with Gasteiger partial charge in [-0.1, -0.05) is 33.8 Å². The molecule has 0 fully saturated rings. The number of carbonyl (C=O) groups is 1. The Balaban J connectivity index is 1.81. The van der Waals surface area contributed by atoms with Gasteiger partial charge in [-0.05, 0) is 48.0 Å². The number of rotatable bonds is 4. The van der Waals surface area contributed by atoms with Gasteiger partial charge in [0.1, 0.15) is 11.3 Å². The molecule has 3 aromatic rings. The largest absolute Gasteiger partial charge is 0.507 e. The van der Waals surface area contributed by atoms with E-state index in [0.29, 0.717) is 28.6 Å². The minimum atomic E-state index is -0.175. The number of anilines is 1. The molecule has 146 valence electrons. The van der Waals surface area contributed by atoms with Gasteiger partial charge in [-0.25, -0.2) is 4.98 Å². The summed E-state index contributed by atoms with van der Waals surface area (Å²) in [7, 11) is 0. The monoisotopic (exact) mass is 397 g/mol. The molecule has 7 heteroatoms. The molecule has 28 heavy (non-hydrogen) atoms. The predicted molar refractivity (Wildman–Crippen MR) is 114 cm³/mol. The van der Waals surface area contributed by atoms with Crippen LogP contribution in [0.2, 0.25) is 0 Å². The molecular weight excluding hydrogens is 374 g/mol. The number of aromatic nitrogens is 1. The van der Waals surface area contributed by atoms with Crippen LogP contribution < -0.4 is 10.6 Å². The van der Waals surface area contributed by atoms with Crippen LogP contribution in [-0.4, -0.2) is 21.1 Å². The zero-order valence-corrected chi connectivity index (χ0v) is 17.1. The normalized spacial score (nSPS) is 11.2. The molecule has 0 saturated carbocycles. The Morgan fingerprint density at radius 2 is 1.89 bits per heavy atom. The summed E-state index contributed by atoms with van der Waals surface area (Å²) in [6.45, 7) is 7.80. The highest BCUT2D eigenvalue weighted by Gasteiger charge is 2.15.